The first-order valence-electron chi connectivity index (χ1n) is 8.47. The Morgan fingerprint density at radius 2 is 1.89 bits per heavy atom. The molecular weight excluding hydrogens is 408 g/mol. The number of sulfone groups is 1. The highest BCUT2D eigenvalue weighted by Crippen LogP contribution is 2.33. The van der Waals surface area contributed by atoms with Crippen molar-refractivity contribution >= 4 is 44.3 Å². The van der Waals surface area contributed by atoms with Crippen LogP contribution in [-0.2, 0) is 24.2 Å². The molecular formula is C17H20N2O5S3. The Morgan fingerprint density at radius 1 is 1.15 bits per heavy atom. The second kappa shape index (κ2) is 8.96. The van der Waals surface area contributed by atoms with E-state index in [1.54, 1.807) is 29.0 Å². The summed E-state index contributed by atoms with van der Waals surface area (Å²) < 4.78 is 31.5. The largest absolute Gasteiger partial charge is 0.376 e. The van der Waals surface area contributed by atoms with Gasteiger partial charge in [-0.3, -0.25) is 9.59 Å². The average molecular weight is 429 g/mol. The molecule has 1 aliphatic rings. The fourth-order valence-electron chi connectivity index (χ4n) is 2.76. The van der Waals surface area contributed by atoms with Crippen LogP contribution < -0.4 is 10.6 Å². The van der Waals surface area contributed by atoms with Gasteiger partial charge in [-0.25, -0.2) is 8.42 Å². The minimum Gasteiger partial charge on any atom is -0.376 e. The number of ether oxygens (including phenoxy) is 1. The first-order chi connectivity index (χ1) is 13.0. The van der Waals surface area contributed by atoms with Gasteiger partial charge in [0.2, 0.25) is 0 Å². The zero-order chi connectivity index (χ0) is 19.3. The number of carbonyl (C=O) groups excluding carboxylic acids is 2. The summed E-state index contributed by atoms with van der Waals surface area (Å²) in [5.74, 6) is -1.64. The molecule has 0 radical (unpaired) electrons. The lowest BCUT2D eigenvalue weighted by Gasteiger charge is -2.16. The van der Waals surface area contributed by atoms with Gasteiger partial charge < -0.3 is 15.4 Å². The van der Waals surface area contributed by atoms with Gasteiger partial charge in [-0.2, -0.15) is 0 Å². The van der Waals surface area contributed by atoms with Gasteiger partial charge in [-0.15, -0.1) is 22.7 Å². The van der Waals surface area contributed by atoms with Crippen LogP contribution in [0.1, 0.15) is 23.0 Å². The number of rotatable bonds is 7. The summed E-state index contributed by atoms with van der Waals surface area (Å²) in [6.07, 6.45) is 1.72. The molecule has 1 aliphatic heterocycles. The molecule has 27 heavy (non-hydrogen) atoms. The predicted octanol–water partition coefficient (Wildman–Crippen LogP) is 1.74. The number of hydrogen-bond acceptors (Lipinski definition) is 7. The molecule has 1 fully saturated rings. The van der Waals surface area contributed by atoms with Crippen LogP contribution in [0.25, 0.3) is 0 Å². The Bertz CT molecular complexity index is 857. The fourth-order valence-corrected chi connectivity index (χ4v) is 6.75. The number of carbonyl (C=O) groups is 2. The molecule has 2 aromatic heterocycles. The molecule has 146 valence electrons. The van der Waals surface area contributed by atoms with Crippen LogP contribution in [0.5, 0.6) is 0 Å². The normalized spacial score (nSPS) is 18.1. The van der Waals surface area contributed by atoms with E-state index >= 15 is 0 Å². The Hall–Kier alpha value is -1.75. The highest BCUT2D eigenvalue weighted by atomic mass is 32.2. The quantitative estimate of drug-likeness (QED) is 0.654. The van der Waals surface area contributed by atoms with Gasteiger partial charge in [0, 0.05) is 24.6 Å². The maximum atomic E-state index is 12.9. The Kier molecular flexibility index (Phi) is 6.64. The zero-order valence-corrected chi connectivity index (χ0v) is 16.9. The maximum absolute atomic E-state index is 12.9. The molecule has 7 nitrogen and oxygen atoms in total. The van der Waals surface area contributed by atoms with Crippen molar-refractivity contribution in [3.63, 3.8) is 0 Å². The minimum atomic E-state index is -3.66. The molecule has 2 aromatic rings. The van der Waals surface area contributed by atoms with Gasteiger partial charge in [-0.1, -0.05) is 12.1 Å². The Morgan fingerprint density at radius 3 is 2.52 bits per heavy atom. The van der Waals surface area contributed by atoms with Crippen LogP contribution >= 0.6 is 22.7 Å². The molecule has 0 bridgehead atoms. The SMILES string of the molecule is O=C(NC[C@@H]1CCCO1)C(=O)NC[C@@H](c1cccs1)S(=O)(=O)c1cccs1. The van der Waals surface area contributed by atoms with E-state index in [1.807, 2.05) is 0 Å². The van der Waals surface area contributed by atoms with E-state index in [4.69, 9.17) is 4.74 Å². The van der Waals surface area contributed by atoms with Crippen LogP contribution in [0.3, 0.4) is 0 Å². The van der Waals surface area contributed by atoms with Crippen molar-refractivity contribution in [3.05, 3.63) is 39.9 Å². The number of amides is 2. The predicted molar refractivity (Wildman–Crippen MR) is 104 cm³/mol. The highest BCUT2D eigenvalue weighted by Gasteiger charge is 2.32. The highest BCUT2D eigenvalue weighted by molar-refractivity contribution is 7.93. The lowest BCUT2D eigenvalue weighted by Crippen LogP contribution is -2.44. The van der Waals surface area contributed by atoms with Crippen LogP contribution in [-0.4, -0.2) is 46.0 Å². The van der Waals surface area contributed by atoms with Gasteiger partial charge >= 0.3 is 11.8 Å². The number of thiophene rings is 2. The molecule has 3 rings (SSSR count). The van der Waals surface area contributed by atoms with Crippen molar-refractivity contribution < 1.29 is 22.7 Å². The lowest BCUT2D eigenvalue weighted by atomic mass is 10.2. The van der Waals surface area contributed by atoms with E-state index in [1.165, 1.54) is 17.4 Å². The van der Waals surface area contributed by atoms with Crippen molar-refractivity contribution in [2.24, 2.45) is 0 Å². The molecule has 3 heterocycles. The van der Waals surface area contributed by atoms with Crippen molar-refractivity contribution in [1.82, 2.24) is 10.6 Å². The molecule has 0 aromatic carbocycles. The topological polar surface area (TPSA) is 102 Å². The second-order valence-corrected chi connectivity index (χ2v) is 10.3. The van der Waals surface area contributed by atoms with Gasteiger partial charge in [-0.05, 0) is 35.7 Å². The summed E-state index contributed by atoms with van der Waals surface area (Å²) in [6.45, 7) is 0.761. The molecule has 0 saturated carbocycles. The summed E-state index contributed by atoms with van der Waals surface area (Å²) in [7, 11) is -3.66. The van der Waals surface area contributed by atoms with Gasteiger partial charge in [0.25, 0.3) is 0 Å². The van der Waals surface area contributed by atoms with E-state index < -0.39 is 26.9 Å². The van der Waals surface area contributed by atoms with E-state index in [-0.39, 0.29) is 23.4 Å². The Labute approximate surface area is 165 Å². The third-order valence-corrected chi connectivity index (χ3v) is 8.83. The number of nitrogens with one attached hydrogen (secondary N) is 2. The third-order valence-electron chi connectivity index (χ3n) is 4.18. The zero-order valence-electron chi connectivity index (χ0n) is 14.4. The summed E-state index contributed by atoms with van der Waals surface area (Å²) in [5.41, 5.74) is 0. The van der Waals surface area contributed by atoms with Crippen molar-refractivity contribution in [3.8, 4) is 0 Å². The molecule has 2 atom stereocenters. The first kappa shape index (κ1) is 20.0. The lowest BCUT2D eigenvalue weighted by molar-refractivity contribution is -0.139. The summed E-state index contributed by atoms with van der Waals surface area (Å²) in [4.78, 5) is 24.7. The summed E-state index contributed by atoms with van der Waals surface area (Å²) in [5, 5.41) is 7.51. The average Bonchev–Trinajstić information content (AvgIpc) is 3.42. The monoisotopic (exact) mass is 428 g/mol. The molecule has 2 amide bonds. The first-order valence-corrected chi connectivity index (χ1v) is 11.8. The van der Waals surface area contributed by atoms with Gasteiger partial charge in [0.15, 0.2) is 9.84 Å². The van der Waals surface area contributed by atoms with Crippen molar-refractivity contribution in [2.75, 3.05) is 19.7 Å². The third kappa shape index (κ3) is 4.95. The molecule has 0 aliphatic carbocycles. The maximum Gasteiger partial charge on any atom is 0.309 e. The van der Waals surface area contributed by atoms with E-state index in [0.717, 1.165) is 24.2 Å². The Balaban J connectivity index is 1.63. The number of hydrogen-bond donors (Lipinski definition) is 2. The van der Waals surface area contributed by atoms with Gasteiger partial charge in [0.1, 0.15) is 9.46 Å². The second-order valence-electron chi connectivity index (χ2n) is 6.04. The molecule has 2 N–H and O–H groups in total. The fraction of sp³-hybridized carbons (Fsp3) is 0.412. The smallest absolute Gasteiger partial charge is 0.309 e. The molecule has 0 spiro atoms. The van der Waals surface area contributed by atoms with Crippen LogP contribution in [0.2, 0.25) is 0 Å². The van der Waals surface area contributed by atoms with Crippen LogP contribution in [0.15, 0.2) is 39.2 Å². The van der Waals surface area contributed by atoms with Crippen molar-refractivity contribution in [2.45, 2.75) is 28.4 Å². The summed E-state index contributed by atoms with van der Waals surface area (Å²) >= 11 is 2.43. The van der Waals surface area contributed by atoms with E-state index in [0.29, 0.717) is 11.5 Å². The van der Waals surface area contributed by atoms with Crippen molar-refractivity contribution in [1.29, 1.82) is 0 Å². The molecule has 0 unspecified atom stereocenters. The van der Waals surface area contributed by atoms with Gasteiger partial charge in [0.05, 0.1) is 6.10 Å². The summed E-state index contributed by atoms with van der Waals surface area (Å²) in [6, 6.07) is 6.67. The minimum absolute atomic E-state index is 0.0696. The molecule has 10 heteroatoms. The van der Waals surface area contributed by atoms with E-state index in [9.17, 15) is 18.0 Å². The standard InChI is InChI=1S/C17H20N2O5S3/c20-16(18-10-12-4-1-7-24-12)17(21)19-11-14(13-5-2-8-25-13)27(22,23)15-6-3-9-26-15/h2-3,5-6,8-9,12,14H,1,4,7,10-11H2,(H,18,20)(H,19,21)/t12-,14-/m0/s1. The van der Waals surface area contributed by atoms with E-state index in [2.05, 4.69) is 10.6 Å². The van der Waals surface area contributed by atoms with Crippen LogP contribution in [0, 0.1) is 0 Å². The molecule has 1 saturated heterocycles. The van der Waals surface area contributed by atoms with Crippen LogP contribution in [0.4, 0.5) is 0 Å².